The number of hydrogen-bond donors (Lipinski definition) is 1. The maximum absolute atomic E-state index is 14.1. The summed E-state index contributed by atoms with van der Waals surface area (Å²) < 4.78 is 27.6. The maximum atomic E-state index is 14.1. The number of nitrogens with two attached hydrogens (primary N) is 1. The molecule has 1 aliphatic rings. The average Bonchev–Trinajstić information content (AvgIpc) is 2.99. The summed E-state index contributed by atoms with van der Waals surface area (Å²) in [5.41, 5.74) is 7.77. The Hall–Kier alpha value is -2.01. The molecule has 1 amide bonds. The lowest BCUT2D eigenvalue weighted by molar-refractivity contribution is -0.133. The number of hydrogen-bond acceptors (Lipinski definition) is 2. The van der Waals surface area contributed by atoms with Crippen LogP contribution in [0.15, 0.2) is 35.9 Å². The van der Waals surface area contributed by atoms with Crippen LogP contribution < -0.4 is 5.73 Å². The van der Waals surface area contributed by atoms with Gasteiger partial charge in [-0.2, -0.15) is 0 Å². The van der Waals surface area contributed by atoms with Crippen LogP contribution in [0.2, 0.25) is 0 Å². The van der Waals surface area contributed by atoms with Crippen molar-refractivity contribution in [1.29, 1.82) is 0 Å². The van der Waals surface area contributed by atoms with Gasteiger partial charge in [-0.3, -0.25) is 4.79 Å². The van der Waals surface area contributed by atoms with E-state index in [1.807, 2.05) is 39.8 Å². The Morgan fingerprint density at radius 1 is 1.38 bits per heavy atom. The quantitative estimate of drug-likeness (QED) is 0.857. The number of carbonyl (C=O) groups is 1. The summed E-state index contributed by atoms with van der Waals surface area (Å²) in [5.74, 6) is -1.18. The molecule has 2 N–H and O–H groups in total. The van der Waals surface area contributed by atoms with Crippen LogP contribution in [0.25, 0.3) is 5.57 Å². The largest absolute Gasteiger partial charge is 0.327 e. The lowest BCUT2D eigenvalue weighted by atomic mass is 10.0. The van der Waals surface area contributed by atoms with Crippen molar-refractivity contribution >= 4 is 11.5 Å². The van der Waals surface area contributed by atoms with Crippen molar-refractivity contribution in [1.82, 2.24) is 4.90 Å². The van der Waals surface area contributed by atoms with Crippen LogP contribution in [0.3, 0.4) is 0 Å². The van der Waals surface area contributed by atoms with Gasteiger partial charge in [0, 0.05) is 12.1 Å². The fourth-order valence-electron chi connectivity index (χ4n) is 2.77. The molecular weight excluding hydrogens is 310 g/mol. The molecule has 3 nitrogen and oxygen atoms in total. The summed E-state index contributed by atoms with van der Waals surface area (Å²) in [6, 6.07) is 2.44. The van der Waals surface area contributed by atoms with Crippen LogP contribution in [0, 0.1) is 17.6 Å². The smallest absolute Gasteiger partial charge is 0.240 e. The highest BCUT2D eigenvalue weighted by Crippen LogP contribution is 2.31. The number of halogens is 2. The minimum absolute atomic E-state index is 0.000909. The van der Waals surface area contributed by atoms with Crippen molar-refractivity contribution in [2.45, 2.75) is 39.8 Å². The molecule has 0 fully saturated rings. The second-order valence-electron chi connectivity index (χ2n) is 6.53. The van der Waals surface area contributed by atoms with Gasteiger partial charge < -0.3 is 10.6 Å². The molecule has 0 spiro atoms. The molecule has 1 aromatic rings. The van der Waals surface area contributed by atoms with Crippen LogP contribution in [-0.4, -0.2) is 29.4 Å². The molecule has 0 bridgehead atoms. The molecule has 5 heteroatoms. The molecular formula is C19H24F2N2O. The van der Waals surface area contributed by atoms with Crippen LogP contribution in [-0.2, 0) is 4.79 Å². The monoisotopic (exact) mass is 334 g/mol. The van der Waals surface area contributed by atoms with E-state index in [2.05, 4.69) is 0 Å². The van der Waals surface area contributed by atoms with E-state index in [-0.39, 0.29) is 30.0 Å². The average molecular weight is 334 g/mol. The van der Waals surface area contributed by atoms with Crippen molar-refractivity contribution in [2.75, 3.05) is 6.54 Å². The van der Waals surface area contributed by atoms with E-state index in [0.29, 0.717) is 5.57 Å². The molecule has 0 radical (unpaired) electrons. The SMILES string of the molecule is C/C=C(\C)[C@@H]1C=C(c2cc(F)ccc2F)CN1C(=O)[C@@H](N)C(C)C. The number of rotatable bonds is 4. The van der Waals surface area contributed by atoms with Crippen molar-refractivity contribution in [3.8, 4) is 0 Å². The zero-order valence-corrected chi connectivity index (χ0v) is 14.5. The minimum atomic E-state index is -0.623. The van der Waals surface area contributed by atoms with Gasteiger partial charge in [-0.05, 0) is 43.5 Å². The minimum Gasteiger partial charge on any atom is -0.327 e. The molecule has 0 saturated carbocycles. The second kappa shape index (κ2) is 7.26. The van der Waals surface area contributed by atoms with E-state index in [9.17, 15) is 13.6 Å². The zero-order valence-electron chi connectivity index (χ0n) is 14.5. The van der Waals surface area contributed by atoms with Gasteiger partial charge in [0.15, 0.2) is 0 Å². The Kier molecular flexibility index (Phi) is 5.54. The lowest BCUT2D eigenvalue weighted by Crippen LogP contribution is -2.49. The molecule has 2 rings (SSSR count). The first-order valence-corrected chi connectivity index (χ1v) is 8.11. The Morgan fingerprint density at radius 2 is 2.04 bits per heavy atom. The number of allylic oxidation sites excluding steroid dienone is 1. The predicted octanol–water partition coefficient (Wildman–Crippen LogP) is 3.51. The third-order valence-corrected chi connectivity index (χ3v) is 4.52. The molecule has 1 aliphatic heterocycles. The first-order valence-electron chi connectivity index (χ1n) is 8.11. The number of nitrogens with zero attached hydrogens (tertiary/aromatic N) is 1. The number of carbonyl (C=O) groups excluding carboxylic acids is 1. The van der Waals surface area contributed by atoms with E-state index in [1.165, 1.54) is 6.07 Å². The van der Waals surface area contributed by atoms with Crippen molar-refractivity contribution in [3.63, 3.8) is 0 Å². The van der Waals surface area contributed by atoms with E-state index in [1.54, 1.807) is 4.90 Å². The first-order chi connectivity index (χ1) is 11.3. The topological polar surface area (TPSA) is 46.3 Å². The summed E-state index contributed by atoms with van der Waals surface area (Å²) in [5, 5.41) is 0. The third kappa shape index (κ3) is 3.56. The Labute approximate surface area is 141 Å². The summed E-state index contributed by atoms with van der Waals surface area (Å²) >= 11 is 0. The molecule has 0 aromatic heterocycles. The predicted molar refractivity (Wildman–Crippen MR) is 92.1 cm³/mol. The van der Waals surface area contributed by atoms with Gasteiger partial charge in [0.2, 0.25) is 5.91 Å². The maximum Gasteiger partial charge on any atom is 0.240 e. The van der Waals surface area contributed by atoms with Crippen molar-refractivity contribution < 1.29 is 13.6 Å². The van der Waals surface area contributed by atoms with Crippen molar-refractivity contribution in [2.24, 2.45) is 11.7 Å². The van der Waals surface area contributed by atoms with Gasteiger partial charge in [0.1, 0.15) is 11.6 Å². The van der Waals surface area contributed by atoms with Crippen molar-refractivity contribution in [3.05, 3.63) is 53.1 Å². The standard InChI is InChI=1S/C19H24F2N2O/c1-5-12(4)17-8-13(15-9-14(20)6-7-16(15)21)10-23(17)19(24)18(22)11(2)3/h5-9,11,17-18H,10,22H2,1-4H3/b12-5+/t17-,18-/m0/s1. The van der Waals surface area contributed by atoms with E-state index >= 15 is 0 Å². The molecule has 24 heavy (non-hydrogen) atoms. The molecule has 0 saturated heterocycles. The Balaban J connectivity index is 2.40. The highest BCUT2D eigenvalue weighted by atomic mass is 19.1. The summed E-state index contributed by atoms with van der Waals surface area (Å²) in [4.78, 5) is 14.4. The van der Waals surface area contributed by atoms with Gasteiger partial charge in [0.05, 0.1) is 12.1 Å². The van der Waals surface area contributed by atoms with E-state index in [0.717, 1.165) is 17.7 Å². The highest BCUT2D eigenvalue weighted by molar-refractivity contribution is 5.87. The fourth-order valence-corrected chi connectivity index (χ4v) is 2.77. The number of benzene rings is 1. The van der Waals surface area contributed by atoms with E-state index in [4.69, 9.17) is 5.73 Å². The Bertz CT molecular complexity index is 695. The van der Waals surface area contributed by atoms with Crippen LogP contribution in [0.1, 0.15) is 33.3 Å². The van der Waals surface area contributed by atoms with Crippen LogP contribution >= 0.6 is 0 Å². The zero-order chi connectivity index (χ0) is 18.0. The lowest BCUT2D eigenvalue weighted by Gasteiger charge is -2.29. The second-order valence-corrected chi connectivity index (χ2v) is 6.53. The summed E-state index contributed by atoms with van der Waals surface area (Å²) in [7, 11) is 0. The fraction of sp³-hybridized carbons (Fsp3) is 0.421. The third-order valence-electron chi connectivity index (χ3n) is 4.52. The van der Waals surface area contributed by atoms with E-state index < -0.39 is 17.7 Å². The van der Waals surface area contributed by atoms with Gasteiger partial charge in [0.25, 0.3) is 0 Å². The molecule has 0 aliphatic carbocycles. The molecule has 1 heterocycles. The normalized spacial score (nSPS) is 19.7. The van der Waals surface area contributed by atoms with Crippen LogP contribution in [0.4, 0.5) is 8.78 Å². The van der Waals surface area contributed by atoms with Gasteiger partial charge in [-0.15, -0.1) is 0 Å². The molecule has 2 atom stereocenters. The Morgan fingerprint density at radius 3 is 2.62 bits per heavy atom. The van der Waals surface area contributed by atoms with Crippen LogP contribution in [0.5, 0.6) is 0 Å². The first kappa shape index (κ1) is 18.3. The molecule has 0 unspecified atom stereocenters. The van der Waals surface area contributed by atoms with Gasteiger partial charge in [-0.1, -0.05) is 31.6 Å². The molecule has 1 aromatic carbocycles. The molecule has 130 valence electrons. The van der Waals surface area contributed by atoms with Gasteiger partial charge in [-0.25, -0.2) is 8.78 Å². The summed E-state index contributed by atoms with van der Waals surface area (Å²) in [6.07, 6.45) is 3.73. The number of amides is 1. The highest BCUT2D eigenvalue weighted by Gasteiger charge is 2.34. The summed E-state index contributed by atoms with van der Waals surface area (Å²) in [6.45, 7) is 7.78. The van der Waals surface area contributed by atoms with Gasteiger partial charge >= 0.3 is 0 Å².